The number of hydrogen-bond acceptors (Lipinski definition) is 4. The third-order valence-electron chi connectivity index (χ3n) is 7.20. The second kappa shape index (κ2) is 12.0. The number of nitrogens with zero attached hydrogens (tertiary/aromatic N) is 1. The lowest BCUT2D eigenvalue weighted by molar-refractivity contribution is -0.139. The number of alkyl halides is 3. The van der Waals surface area contributed by atoms with Crippen LogP contribution in [0.3, 0.4) is 0 Å². The second-order valence-electron chi connectivity index (χ2n) is 9.93. The quantitative estimate of drug-likeness (QED) is 0.165. The van der Waals surface area contributed by atoms with Crippen LogP contribution in [0.1, 0.15) is 57.1 Å². The number of rotatable bonds is 8. The molecule has 1 heterocycles. The van der Waals surface area contributed by atoms with Crippen LogP contribution in [-0.4, -0.2) is 17.4 Å². The van der Waals surface area contributed by atoms with Gasteiger partial charge in [0.1, 0.15) is 23.7 Å². The molecule has 1 fully saturated rings. The van der Waals surface area contributed by atoms with Gasteiger partial charge in [-0.3, -0.25) is 4.90 Å². The van der Waals surface area contributed by atoms with E-state index >= 15 is 0 Å². The Morgan fingerprint density at radius 2 is 1.50 bits per heavy atom. The van der Waals surface area contributed by atoms with Crippen LogP contribution in [0.4, 0.5) is 13.2 Å². The van der Waals surface area contributed by atoms with E-state index in [2.05, 4.69) is 4.90 Å². The Morgan fingerprint density at radius 1 is 0.900 bits per heavy atom. The van der Waals surface area contributed by atoms with Crippen LogP contribution in [0.5, 0.6) is 11.5 Å². The molecule has 1 aliphatic heterocycles. The summed E-state index contributed by atoms with van der Waals surface area (Å²) in [5, 5.41) is 0. The van der Waals surface area contributed by atoms with Crippen molar-refractivity contribution in [3.05, 3.63) is 130 Å². The number of carbonyl (C=O) groups excluding carboxylic acids is 1. The minimum atomic E-state index is -4.68. The summed E-state index contributed by atoms with van der Waals surface area (Å²) in [5.74, 6) is -0.573. The van der Waals surface area contributed by atoms with Crippen molar-refractivity contribution in [2.75, 3.05) is 6.54 Å². The van der Waals surface area contributed by atoms with Crippen molar-refractivity contribution in [3.8, 4) is 11.5 Å². The Kier molecular flexibility index (Phi) is 8.21. The molecule has 0 aliphatic carbocycles. The van der Waals surface area contributed by atoms with Gasteiger partial charge < -0.3 is 9.47 Å². The van der Waals surface area contributed by atoms with Crippen LogP contribution in [0.15, 0.2) is 97.1 Å². The molecule has 4 aromatic rings. The van der Waals surface area contributed by atoms with Crippen LogP contribution in [0.25, 0.3) is 0 Å². The standard InChI is InChI=1S/C33H30F3NO3/c1-23-30(32(38)40-26-16-9-4-10-17-26)29(39-22-25-14-7-3-8-15-25)20-27(31(23)33(34,35)36)28-18-11-19-37(28)21-24-12-5-2-6-13-24/h2-10,12-17,20,28H,11,18-19,21-22H2,1H3/t28-/m1/s1. The normalized spacial score (nSPS) is 15.7. The van der Waals surface area contributed by atoms with Gasteiger partial charge in [0.2, 0.25) is 0 Å². The van der Waals surface area contributed by atoms with E-state index in [0.717, 1.165) is 17.5 Å². The first-order valence-electron chi connectivity index (χ1n) is 13.3. The van der Waals surface area contributed by atoms with E-state index < -0.39 is 23.8 Å². The van der Waals surface area contributed by atoms with E-state index in [-0.39, 0.29) is 34.8 Å². The number of para-hydroxylation sites is 1. The third kappa shape index (κ3) is 6.20. The number of carbonyl (C=O) groups is 1. The maximum atomic E-state index is 14.8. The Balaban J connectivity index is 1.59. The molecule has 4 nitrogen and oxygen atoms in total. The van der Waals surface area contributed by atoms with Crippen molar-refractivity contribution < 1.29 is 27.4 Å². The molecule has 0 aromatic heterocycles. The van der Waals surface area contributed by atoms with Crippen molar-refractivity contribution >= 4 is 5.97 Å². The zero-order valence-corrected chi connectivity index (χ0v) is 22.2. The van der Waals surface area contributed by atoms with Crippen molar-refractivity contribution in [1.29, 1.82) is 0 Å². The Bertz CT molecular complexity index is 1440. The summed E-state index contributed by atoms with van der Waals surface area (Å²) < 4.78 is 55.9. The van der Waals surface area contributed by atoms with E-state index in [1.165, 1.54) is 13.0 Å². The molecule has 7 heteroatoms. The highest BCUT2D eigenvalue weighted by atomic mass is 19.4. The summed E-state index contributed by atoms with van der Waals surface area (Å²) in [4.78, 5) is 15.5. The number of benzene rings is 4. The molecule has 0 unspecified atom stereocenters. The van der Waals surface area contributed by atoms with E-state index in [1.807, 2.05) is 60.7 Å². The highest BCUT2D eigenvalue weighted by Crippen LogP contribution is 2.46. The topological polar surface area (TPSA) is 38.8 Å². The summed E-state index contributed by atoms with van der Waals surface area (Å²) in [5.41, 5.74) is 0.769. The van der Waals surface area contributed by atoms with Crippen molar-refractivity contribution in [3.63, 3.8) is 0 Å². The molecule has 0 spiro atoms. The third-order valence-corrected chi connectivity index (χ3v) is 7.20. The molecule has 1 atom stereocenters. The molecule has 1 saturated heterocycles. The van der Waals surface area contributed by atoms with Gasteiger partial charge >= 0.3 is 12.1 Å². The Labute approximate surface area is 232 Å². The van der Waals surface area contributed by atoms with Gasteiger partial charge in [-0.25, -0.2) is 4.79 Å². The average molecular weight is 546 g/mol. The number of halogens is 3. The summed E-state index contributed by atoms with van der Waals surface area (Å²) in [6, 6.07) is 28.2. The van der Waals surface area contributed by atoms with Crippen LogP contribution in [0.2, 0.25) is 0 Å². The average Bonchev–Trinajstić information content (AvgIpc) is 3.40. The van der Waals surface area contributed by atoms with Gasteiger partial charge in [0, 0.05) is 12.6 Å². The molecular formula is C33H30F3NO3. The molecule has 0 amide bonds. The summed E-state index contributed by atoms with van der Waals surface area (Å²) in [6.45, 7) is 2.63. The van der Waals surface area contributed by atoms with Crippen molar-refractivity contribution in [2.24, 2.45) is 0 Å². The fourth-order valence-electron chi connectivity index (χ4n) is 5.39. The van der Waals surface area contributed by atoms with Gasteiger partial charge in [-0.05, 0) is 66.8 Å². The smallest absolute Gasteiger partial charge is 0.417 e. The first kappa shape index (κ1) is 27.5. The predicted molar refractivity (Wildman–Crippen MR) is 147 cm³/mol. The molecule has 4 aromatic carbocycles. The van der Waals surface area contributed by atoms with Gasteiger partial charge in [-0.2, -0.15) is 13.2 Å². The predicted octanol–water partition coefficient (Wildman–Crippen LogP) is 8.15. The first-order valence-corrected chi connectivity index (χ1v) is 13.3. The largest absolute Gasteiger partial charge is 0.488 e. The van der Waals surface area contributed by atoms with Gasteiger partial charge in [-0.1, -0.05) is 78.9 Å². The van der Waals surface area contributed by atoms with Gasteiger partial charge in [0.15, 0.2) is 0 Å². The number of ether oxygens (including phenoxy) is 2. The minimum absolute atomic E-state index is 0.0804. The highest BCUT2D eigenvalue weighted by molar-refractivity contribution is 5.96. The van der Waals surface area contributed by atoms with Crippen molar-refractivity contribution in [2.45, 2.75) is 45.1 Å². The van der Waals surface area contributed by atoms with E-state index in [1.54, 1.807) is 30.3 Å². The van der Waals surface area contributed by atoms with Crippen LogP contribution >= 0.6 is 0 Å². The molecular weight excluding hydrogens is 515 g/mol. The molecule has 0 bridgehead atoms. The van der Waals surface area contributed by atoms with E-state index in [9.17, 15) is 18.0 Å². The Morgan fingerprint density at radius 3 is 2.12 bits per heavy atom. The lowest BCUT2D eigenvalue weighted by atomic mass is 9.90. The first-order chi connectivity index (χ1) is 19.3. The summed E-state index contributed by atoms with van der Waals surface area (Å²) in [7, 11) is 0. The van der Waals surface area contributed by atoms with Gasteiger partial charge in [0.25, 0.3) is 0 Å². The molecule has 5 rings (SSSR count). The zero-order chi connectivity index (χ0) is 28.1. The fourth-order valence-corrected chi connectivity index (χ4v) is 5.39. The molecule has 0 radical (unpaired) electrons. The van der Waals surface area contributed by atoms with Crippen molar-refractivity contribution in [1.82, 2.24) is 4.90 Å². The zero-order valence-electron chi connectivity index (χ0n) is 22.2. The molecule has 1 aliphatic rings. The van der Waals surface area contributed by atoms with Gasteiger partial charge in [0.05, 0.1) is 5.56 Å². The lowest BCUT2D eigenvalue weighted by Crippen LogP contribution is -2.27. The molecule has 0 saturated carbocycles. The minimum Gasteiger partial charge on any atom is -0.488 e. The monoisotopic (exact) mass is 545 g/mol. The van der Waals surface area contributed by atoms with Crippen LogP contribution < -0.4 is 9.47 Å². The van der Waals surface area contributed by atoms with Crippen LogP contribution in [0, 0.1) is 6.92 Å². The van der Waals surface area contributed by atoms with Crippen LogP contribution in [-0.2, 0) is 19.3 Å². The maximum absolute atomic E-state index is 14.8. The fraction of sp³-hybridized carbons (Fsp3) is 0.242. The SMILES string of the molecule is Cc1c(C(=O)Oc2ccccc2)c(OCc2ccccc2)cc([C@H]2CCCN2Cc2ccccc2)c1C(F)(F)F. The number of hydrogen-bond donors (Lipinski definition) is 0. The highest BCUT2D eigenvalue weighted by Gasteiger charge is 2.42. The second-order valence-corrected chi connectivity index (χ2v) is 9.93. The van der Waals surface area contributed by atoms with E-state index in [0.29, 0.717) is 19.5 Å². The summed E-state index contributed by atoms with van der Waals surface area (Å²) in [6.07, 6.45) is -3.34. The van der Waals surface area contributed by atoms with E-state index in [4.69, 9.17) is 9.47 Å². The molecule has 206 valence electrons. The summed E-state index contributed by atoms with van der Waals surface area (Å²) >= 11 is 0. The maximum Gasteiger partial charge on any atom is 0.417 e. The van der Waals surface area contributed by atoms with Gasteiger partial charge in [-0.15, -0.1) is 0 Å². The molecule has 40 heavy (non-hydrogen) atoms. The number of likely N-dealkylation sites (tertiary alicyclic amines) is 1. The molecule has 0 N–H and O–H groups in total. The number of esters is 1. The lowest BCUT2D eigenvalue weighted by Gasteiger charge is -2.29. The Hall–Kier alpha value is -4.10.